The fourth-order valence-electron chi connectivity index (χ4n) is 4.31. The molecule has 0 bridgehead atoms. The Labute approximate surface area is 166 Å². The third kappa shape index (κ3) is 2.48. The number of hydrogen-bond donors (Lipinski definition) is 0. The Kier molecular flexibility index (Phi) is 4.17. The lowest BCUT2D eigenvalue weighted by Crippen LogP contribution is -2.33. The maximum Gasteiger partial charge on any atom is 0.261 e. The first-order valence-electron chi connectivity index (χ1n) is 9.94. The van der Waals surface area contributed by atoms with Crippen molar-refractivity contribution in [3.05, 3.63) is 69.2 Å². The van der Waals surface area contributed by atoms with Crippen molar-refractivity contribution in [3.8, 4) is 0 Å². The number of hydrogen-bond acceptors (Lipinski definition) is 3. The van der Waals surface area contributed by atoms with E-state index >= 15 is 0 Å². The van der Waals surface area contributed by atoms with Gasteiger partial charge in [0.15, 0.2) is 0 Å². The SMILES string of the molecule is CCCCCCn1c(=O)c2ccc3sc4ccccc4c4ccc(c1=O)c2c34. The molecule has 0 amide bonds. The minimum atomic E-state index is -0.151. The number of benzene rings is 3. The molecule has 3 aromatic carbocycles. The molecule has 0 radical (unpaired) electrons. The number of unbranched alkanes of at least 4 members (excludes halogenated alkanes) is 3. The van der Waals surface area contributed by atoms with Crippen LogP contribution in [0.1, 0.15) is 32.6 Å². The van der Waals surface area contributed by atoms with Gasteiger partial charge in [-0.3, -0.25) is 14.2 Å². The monoisotopic (exact) mass is 387 g/mol. The smallest absolute Gasteiger partial charge is 0.261 e. The average Bonchev–Trinajstić information content (AvgIpc) is 2.72. The van der Waals surface area contributed by atoms with Crippen LogP contribution in [-0.4, -0.2) is 4.57 Å². The van der Waals surface area contributed by atoms with E-state index in [1.54, 1.807) is 11.3 Å². The van der Waals surface area contributed by atoms with Crippen molar-refractivity contribution in [2.75, 3.05) is 0 Å². The summed E-state index contributed by atoms with van der Waals surface area (Å²) < 4.78 is 3.77. The molecule has 0 N–H and O–H groups in total. The van der Waals surface area contributed by atoms with E-state index in [4.69, 9.17) is 0 Å². The number of pyridine rings is 1. The van der Waals surface area contributed by atoms with Crippen LogP contribution in [0.3, 0.4) is 0 Å². The van der Waals surface area contributed by atoms with E-state index < -0.39 is 0 Å². The van der Waals surface area contributed by atoms with Crippen LogP contribution in [0.2, 0.25) is 0 Å². The highest BCUT2D eigenvalue weighted by atomic mass is 32.1. The lowest BCUT2D eigenvalue weighted by atomic mass is 9.97. The van der Waals surface area contributed by atoms with Crippen LogP contribution in [0, 0.1) is 0 Å². The van der Waals surface area contributed by atoms with Crippen LogP contribution in [0.15, 0.2) is 58.1 Å². The summed E-state index contributed by atoms with van der Waals surface area (Å²) in [5.74, 6) is 0. The van der Waals surface area contributed by atoms with Crippen molar-refractivity contribution < 1.29 is 0 Å². The Morgan fingerprint density at radius 3 is 2.21 bits per heavy atom. The van der Waals surface area contributed by atoms with Crippen LogP contribution < -0.4 is 11.1 Å². The van der Waals surface area contributed by atoms with Crippen LogP contribution in [0.25, 0.3) is 41.7 Å². The second kappa shape index (κ2) is 6.71. The normalized spacial score (nSPS) is 12.0. The van der Waals surface area contributed by atoms with Gasteiger partial charge in [-0.05, 0) is 41.5 Å². The summed E-state index contributed by atoms with van der Waals surface area (Å²) in [5.41, 5.74) is -0.303. The third-order valence-electron chi connectivity index (χ3n) is 5.71. The highest BCUT2D eigenvalue weighted by Crippen LogP contribution is 2.39. The predicted octanol–water partition coefficient (Wildman–Crippen LogP) is 5.90. The van der Waals surface area contributed by atoms with Crippen LogP contribution in [-0.2, 0) is 6.54 Å². The molecule has 0 atom stereocenters. The second-order valence-corrected chi connectivity index (χ2v) is 8.53. The van der Waals surface area contributed by atoms with E-state index in [9.17, 15) is 9.59 Å². The molecule has 5 aromatic rings. The van der Waals surface area contributed by atoms with E-state index in [-0.39, 0.29) is 11.1 Å². The summed E-state index contributed by atoms with van der Waals surface area (Å²) in [7, 11) is 0. The molecular formula is C24H21NO2S. The van der Waals surface area contributed by atoms with Gasteiger partial charge in [0.25, 0.3) is 11.1 Å². The topological polar surface area (TPSA) is 39.1 Å². The zero-order valence-electron chi connectivity index (χ0n) is 15.8. The van der Waals surface area contributed by atoms with Gasteiger partial charge < -0.3 is 0 Å². The van der Waals surface area contributed by atoms with Gasteiger partial charge >= 0.3 is 0 Å². The Bertz CT molecular complexity index is 1410. The molecule has 28 heavy (non-hydrogen) atoms. The lowest BCUT2D eigenvalue weighted by Gasteiger charge is -2.14. The van der Waals surface area contributed by atoms with E-state index in [1.807, 2.05) is 36.4 Å². The first kappa shape index (κ1) is 17.4. The zero-order chi connectivity index (χ0) is 19.3. The Morgan fingerprint density at radius 1 is 0.714 bits per heavy atom. The molecule has 2 heterocycles. The number of nitrogens with zero attached hydrogens (tertiary/aromatic N) is 1. The first-order valence-corrected chi connectivity index (χ1v) is 10.8. The lowest BCUT2D eigenvalue weighted by molar-refractivity contribution is 0.564. The molecule has 4 heteroatoms. The maximum atomic E-state index is 13.2. The van der Waals surface area contributed by atoms with Crippen molar-refractivity contribution >= 4 is 53.1 Å². The Hall–Kier alpha value is -2.72. The van der Waals surface area contributed by atoms with Gasteiger partial charge in [0.05, 0.1) is 0 Å². The van der Waals surface area contributed by atoms with E-state index in [2.05, 4.69) is 19.1 Å². The van der Waals surface area contributed by atoms with Crippen molar-refractivity contribution in [3.63, 3.8) is 0 Å². The highest BCUT2D eigenvalue weighted by molar-refractivity contribution is 7.25. The Morgan fingerprint density at radius 2 is 1.43 bits per heavy atom. The van der Waals surface area contributed by atoms with Crippen LogP contribution >= 0.6 is 11.3 Å². The summed E-state index contributed by atoms with van der Waals surface area (Å²) in [6.07, 6.45) is 4.17. The summed E-state index contributed by atoms with van der Waals surface area (Å²) in [6.45, 7) is 2.66. The van der Waals surface area contributed by atoms with Gasteiger partial charge in [-0.25, -0.2) is 0 Å². The Balaban J connectivity index is 1.85. The molecule has 0 saturated heterocycles. The van der Waals surface area contributed by atoms with Crippen LogP contribution in [0.5, 0.6) is 0 Å². The molecule has 0 unspecified atom stereocenters. The molecule has 2 aromatic heterocycles. The van der Waals surface area contributed by atoms with Gasteiger partial charge in [0, 0.05) is 37.5 Å². The van der Waals surface area contributed by atoms with Gasteiger partial charge in [0.2, 0.25) is 0 Å². The van der Waals surface area contributed by atoms with Gasteiger partial charge in [-0.1, -0.05) is 50.5 Å². The summed E-state index contributed by atoms with van der Waals surface area (Å²) in [6, 6.07) is 16.2. The van der Waals surface area contributed by atoms with Gasteiger partial charge in [0.1, 0.15) is 0 Å². The molecular weight excluding hydrogens is 366 g/mol. The molecule has 0 fully saturated rings. The fraction of sp³-hybridized carbons (Fsp3) is 0.250. The highest BCUT2D eigenvalue weighted by Gasteiger charge is 2.17. The third-order valence-corrected chi connectivity index (χ3v) is 6.84. The van der Waals surface area contributed by atoms with Crippen LogP contribution in [0.4, 0.5) is 0 Å². The molecule has 0 saturated carbocycles. The minimum Gasteiger partial charge on any atom is -0.274 e. The summed E-state index contributed by atoms with van der Waals surface area (Å²) in [5, 5.41) is 5.48. The molecule has 140 valence electrons. The molecule has 3 nitrogen and oxygen atoms in total. The minimum absolute atomic E-state index is 0.151. The van der Waals surface area contributed by atoms with Crippen molar-refractivity contribution in [2.24, 2.45) is 0 Å². The predicted molar refractivity (Wildman–Crippen MR) is 120 cm³/mol. The van der Waals surface area contributed by atoms with Crippen molar-refractivity contribution in [2.45, 2.75) is 39.2 Å². The molecule has 0 aliphatic heterocycles. The quantitative estimate of drug-likeness (QED) is 0.214. The van der Waals surface area contributed by atoms with Gasteiger partial charge in [-0.2, -0.15) is 0 Å². The zero-order valence-corrected chi connectivity index (χ0v) is 16.6. The first-order chi connectivity index (χ1) is 13.7. The van der Waals surface area contributed by atoms with E-state index in [1.165, 1.54) is 14.7 Å². The van der Waals surface area contributed by atoms with E-state index in [0.717, 1.165) is 46.5 Å². The second-order valence-electron chi connectivity index (χ2n) is 7.44. The van der Waals surface area contributed by atoms with E-state index in [0.29, 0.717) is 17.3 Å². The number of fused-ring (bicyclic) bond motifs is 2. The molecule has 0 spiro atoms. The molecule has 5 rings (SSSR count). The van der Waals surface area contributed by atoms with Crippen molar-refractivity contribution in [1.82, 2.24) is 4.57 Å². The fourth-order valence-corrected chi connectivity index (χ4v) is 5.43. The molecule has 0 aliphatic rings. The standard InChI is InChI=1S/C24H21NO2S/c1-2-3-4-7-14-25-23(26)17-11-10-16-15-8-5-6-9-19(15)28-20-13-12-18(24(25)27)21(17)22(16)20/h5-6,8-13H,2-4,7,14H2,1H3. The number of aromatic nitrogens is 1. The number of rotatable bonds is 5. The largest absolute Gasteiger partial charge is 0.274 e. The maximum absolute atomic E-state index is 13.2. The summed E-state index contributed by atoms with van der Waals surface area (Å²) in [4.78, 5) is 26.3. The average molecular weight is 388 g/mol. The molecule has 0 aliphatic carbocycles. The van der Waals surface area contributed by atoms with Gasteiger partial charge in [-0.15, -0.1) is 11.3 Å². The summed E-state index contributed by atoms with van der Waals surface area (Å²) >= 11 is 1.71. The van der Waals surface area contributed by atoms with Crippen molar-refractivity contribution in [1.29, 1.82) is 0 Å².